The van der Waals surface area contributed by atoms with Gasteiger partial charge in [0.1, 0.15) is 17.7 Å². The number of hydrogen-bond donors (Lipinski definition) is 0. The van der Waals surface area contributed by atoms with Crippen LogP contribution in [-0.4, -0.2) is 23.6 Å². The van der Waals surface area contributed by atoms with Gasteiger partial charge in [-0.1, -0.05) is 0 Å². The highest BCUT2D eigenvalue weighted by Crippen LogP contribution is 2.39. The van der Waals surface area contributed by atoms with Crippen LogP contribution in [0, 0.1) is 5.41 Å². The third-order valence-electron chi connectivity index (χ3n) is 3.52. The number of carbonyl (C=O) groups is 3. The summed E-state index contributed by atoms with van der Waals surface area (Å²) >= 11 is 0. The highest BCUT2D eigenvalue weighted by molar-refractivity contribution is 5.87. The Bertz CT molecular complexity index is 334. The molecule has 4 heteroatoms. The van der Waals surface area contributed by atoms with Crippen LogP contribution in [0.15, 0.2) is 0 Å². The zero-order chi connectivity index (χ0) is 13.1. The number of hydrogen-bond acceptors (Lipinski definition) is 4. The minimum atomic E-state index is -0.685. The van der Waals surface area contributed by atoms with Gasteiger partial charge in [0.2, 0.25) is 0 Å². The monoisotopic (exact) mass is 240 g/mol. The maximum absolute atomic E-state index is 12.0. The molecule has 0 unspecified atom stereocenters. The van der Waals surface area contributed by atoms with E-state index in [1.165, 1.54) is 13.8 Å². The second-order valence-electron chi connectivity index (χ2n) is 5.03. The van der Waals surface area contributed by atoms with E-state index < -0.39 is 5.41 Å². The molecule has 0 N–H and O–H groups in total. The summed E-state index contributed by atoms with van der Waals surface area (Å²) in [7, 11) is 0. The number of ether oxygens (including phenoxy) is 1. The fourth-order valence-electron chi connectivity index (χ4n) is 2.36. The van der Waals surface area contributed by atoms with Gasteiger partial charge in [0.15, 0.2) is 0 Å². The van der Waals surface area contributed by atoms with E-state index in [1.54, 1.807) is 0 Å². The Kier molecular flexibility index (Phi) is 4.43. The van der Waals surface area contributed by atoms with Crippen LogP contribution in [0.3, 0.4) is 0 Å². The lowest BCUT2D eigenvalue weighted by Crippen LogP contribution is -2.45. The summed E-state index contributed by atoms with van der Waals surface area (Å²) in [5, 5.41) is 0. The van der Waals surface area contributed by atoms with Crippen LogP contribution in [0.25, 0.3) is 0 Å². The standard InChI is InChI=1S/C13H20O4/c1-9(14)7-8-13(3)11(16)5-4-6-12(13)17-10(2)15/h12H,4-8H2,1-3H3/t12-,13+/m0/s1. The molecule has 1 saturated carbocycles. The third kappa shape index (κ3) is 3.38. The van der Waals surface area contributed by atoms with Crippen molar-refractivity contribution in [2.45, 2.75) is 59.0 Å². The van der Waals surface area contributed by atoms with Crippen molar-refractivity contribution in [3.63, 3.8) is 0 Å². The molecule has 96 valence electrons. The molecule has 1 fully saturated rings. The number of carbonyl (C=O) groups excluding carboxylic acids is 3. The first-order valence-corrected chi connectivity index (χ1v) is 6.06. The van der Waals surface area contributed by atoms with Gasteiger partial charge in [0, 0.05) is 19.8 Å². The molecule has 17 heavy (non-hydrogen) atoms. The maximum atomic E-state index is 12.0. The molecule has 0 spiro atoms. The molecule has 0 aromatic rings. The lowest BCUT2D eigenvalue weighted by Gasteiger charge is -2.39. The van der Waals surface area contributed by atoms with E-state index in [1.807, 2.05) is 6.92 Å². The third-order valence-corrected chi connectivity index (χ3v) is 3.52. The van der Waals surface area contributed by atoms with Crippen molar-refractivity contribution < 1.29 is 19.1 Å². The minimum Gasteiger partial charge on any atom is -0.462 e. The summed E-state index contributed by atoms with van der Waals surface area (Å²) in [6, 6.07) is 0. The minimum absolute atomic E-state index is 0.0613. The van der Waals surface area contributed by atoms with Gasteiger partial charge < -0.3 is 9.53 Å². The molecule has 0 aromatic carbocycles. The van der Waals surface area contributed by atoms with E-state index in [0.29, 0.717) is 25.7 Å². The lowest BCUT2D eigenvalue weighted by atomic mass is 9.69. The van der Waals surface area contributed by atoms with Crippen molar-refractivity contribution in [1.82, 2.24) is 0 Å². The van der Waals surface area contributed by atoms with Gasteiger partial charge in [-0.15, -0.1) is 0 Å². The van der Waals surface area contributed by atoms with Crippen molar-refractivity contribution in [1.29, 1.82) is 0 Å². The topological polar surface area (TPSA) is 60.4 Å². The van der Waals surface area contributed by atoms with Crippen molar-refractivity contribution in [3.05, 3.63) is 0 Å². The fraction of sp³-hybridized carbons (Fsp3) is 0.769. The second kappa shape index (κ2) is 5.43. The highest BCUT2D eigenvalue weighted by Gasteiger charge is 2.45. The molecule has 0 aromatic heterocycles. The summed E-state index contributed by atoms with van der Waals surface area (Å²) in [4.78, 5) is 34.1. The van der Waals surface area contributed by atoms with E-state index in [-0.39, 0.29) is 23.6 Å². The van der Waals surface area contributed by atoms with Crippen LogP contribution in [0.5, 0.6) is 0 Å². The lowest BCUT2D eigenvalue weighted by molar-refractivity contribution is -0.161. The molecule has 0 bridgehead atoms. The predicted molar refractivity (Wildman–Crippen MR) is 62.4 cm³/mol. The zero-order valence-electron chi connectivity index (χ0n) is 10.7. The van der Waals surface area contributed by atoms with Gasteiger partial charge in [0.25, 0.3) is 0 Å². The van der Waals surface area contributed by atoms with Crippen molar-refractivity contribution in [2.24, 2.45) is 5.41 Å². The summed E-state index contributed by atoms with van der Waals surface area (Å²) in [5.74, 6) is -0.193. The first-order valence-electron chi connectivity index (χ1n) is 6.06. The number of ketones is 2. The summed E-state index contributed by atoms with van der Waals surface area (Å²) in [6.07, 6.45) is 2.44. The Hall–Kier alpha value is -1.19. The molecule has 0 heterocycles. The molecule has 0 radical (unpaired) electrons. The Morgan fingerprint density at radius 1 is 1.41 bits per heavy atom. The maximum Gasteiger partial charge on any atom is 0.302 e. The molecular formula is C13H20O4. The highest BCUT2D eigenvalue weighted by atomic mass is 16.5. The second-order valence-corrected chi connectivity index (χ2v) is 5.03. The molecule has 2 atom stereocenters. The van der Waals surface area contributed by atoms with Crippen LogP contribution in [0.1, 0.15) is 52.9 Å². The first-order chi connectivity index (χ1) is 7.86. The number of esters is 1. The summed E-state index contributed by atoms with van der Waals surface area (Å²) in [5.41, 5.74) is -0.685. The van der Waals surface area contributed by atoms with Gasteiger partial charge in [-0.05, 0) is 33.1 Å². The van der Waals surface area contributed by atoms with Gasteiger partial charge in [-0.25, -0.2) is 0 Å². The molecule has 0 saturated heterocycles. The van der Waals surface area contributed by atoms with Crippen LogP contribution in [0.4, 0.5) is 0 Å². The average Bonchev–Trinajstić information content (AvgIpc) is 2.22. The zero-order valence-corrected chi connectivity index (χ0v) is 10.7. The van der Waals surface area contributed by atoms with E-state index in [4.69, 9.17) is 4.74 Å². The molecular weight excluding hydrogens is 220 g/mol. The van der Waals surface area contributed by atoms with Crippen molar-refractivity contribution in [3.8, 4) is 0 Å². The SMILES string of the molecule is CC(=O)CC[C@]1(C)C(=O)CCC[C@@H]1OC(C)=O. The van der Waals surface area contributed by atoms with Crippen LogP contribution in [0.2, 0.25) is 0 Å². The fourth-order valence-corrected chi connectivity index (χ4v) is 2.36. The summed E-state index contributed by atoms with van der Waals surface area (Å²) in [6.45, 7) is 4.67. The Balaban J connectivity index is 2.80. The molecule has 1 rings (SSSR count). The largest absolute Gasteiger partial charge is 0.462 e. The van der Waals surface area contributed by atoms with Gasteiger partial charge in [0.05, 0.1) is 5.41 Å². The number of rotatable bonds is 4. The van der Waals surface area contributed by atoms with Crippen LogP contribution < -0.4 is 0 Å². The summed E-state index contributed by atoms with van der Waals surface area (Å²) < 4.78 is 5.24. The molecule has 1 aliphatic rings. The smallest absolute Gasteiger partial charge is 0.302 e. The molecule has 0 amide bonds. The number of Topliss-reactive ketones (excluding diaryl/α,β-unsaturated/α-hetero) is 2. The van der Waals surface area contributed by atoms with Gasteiger partial charge in [-0.2, -0.15) is 0 Å². The average molecular weight is 240 g/mol. The molecule has 0 aliphatic heterocycles. The van der Waals surface area contributed by atoms with E-state index in [0.717, 1.165) is 6.42 Å². The van der Waals surface area contributed by atoms with Crippen molar-refractivity contribution in [2.75, 3.05) is 0 Å². The Morgan fingerprint density at radius 2 is 2.06 bits per heavy atom. The normalized spacial score (nSPS) is 28.9. The van der Waals surface area contributed by atoms with E-state index >= 15 is 0 Å². The van der Waals surface area contributed by atoms with E-state index in [2.05, 4.69) is 0 Å². The molecule has 1 aliphatic carbocycles. The Labute approximate surface area is 102 Å². The first kappa shape index (κ1) is 13.9. The quantitative estimate of drug-likeness (QED) is 0.705. The Morgan fingerprint density at radius 3 is 2.59 bits per heavy atom. The van der Waals surface area contributed by atoms with E-state index in [9.17, 15) is 14.4 Å². The van der Waals surface area contributed by atoms with Crippen molar-refractivity contribution >= 4 is 17.5 Å². The van der Waals surface area contributed by atoms with Crippen LogP contribution in [-0.2, 0) is 19.1 Å². The van der Waals surface area contributed by atoms with Crippen LogP contribution >= 0.6 is 0 Å². The molecule has 4 nitrogen and oxygen atoms in total. The van der Waals surface area contributed by atoms with Gasteiger partial charge in [-0.3, -0.25) is 9.59 Å². The van der Waals surface area contributed by atoms with Gasteiger partial charge >= 0.3 is 5.97 Å². The predicted octanol–water partition coefficient (Wildman–Crippen LogP) is 2.05.